The van der Waals surface area contributed by atoms with E-state index in [1.54, 1.807) is 0 Å². The van der Waals surface area contributed by atoms with Gasteiger partial charge in [0.25, 0.3) is 5.56 Å². The average Bonchev–Trinajstić information content (AvgIpc) is 3.80. The summed E-state index contributed by atoms with van der Waals surface area (Å²) in [4.78, 5) is 79.3. The summed E-state index contributed by atoms with van der Waals surface area (Å²) in [6.45, 7) is 2.67. The molecule has 1 fully saturated rings. The number of cyclic esters (lactones) is 1. The second kappa shape index (κ2) is 13.5. The minimum atomic E-state index is -5.31. The number of rotatable bonds is 9. The Morgan fingerprint density at radius 3 is 2.71 bits per heavy atom. The van der Waals surface area contributed by atoms with E-state index >= 15 is 4.39 Å². The topological polar surface area (TPSA) is 225 Å². The van der Waals surface area contributed by atoms with E-state index in [1.165, 1.54) is 24.5 Å². The molecule has 8 rings (SSSR count). The summed E-state index contributed by atoms with van der Waals surface area (Å²) in [6.07, 6.45) is -6.04. The van der Waals surface area contributed by atoms with Gasteiger partial charge >= 0.3 is 19.8 Å². The van der Waals surface area contributed by atoms with Crippen LogP contribution < -0.4 is 10.9 Å². The van der Waals surface area contributed by atoms with Gasteiger partial charge in [-0.1, -0.05) is 25.1 Å². The number of nitrogens with zero attached hydrogens (tertiary/aromatic N) is 6. The molecule has 1 saturated heterocycles. The van der Waals surface area contributed by atoms with E-state index in [9.17, 15) is 28.6 Å². The van der Waals surface area contributed by atoms with Gasteiger partial charge in [-0.2, -0.15) is 9.97 Å². The number of fused-ring (bicyclic) bond motifs is 6. The second-order valence-electron chi connectivity index (χ2n) is 13.0. The summed E-state index contributed by atoms with van der Waals surface area (Å²) >= 11 is 6.06. The number of pyridine rings is 2. The maximum Gasteiger partial charge on any atom is 0.473 e. The molecule has 3 aliphatic rings. The molecular formula is C34H30ClFN7O11P. The summed E-state index contributed by atoms with van der Waals surface area (Å²) in [6, 6.07) is 10.9. The number of hydrogen-bond donors (Lipinski definition) is 2. The van der Waals surface area contributed by atoms with Gasteiger partial charge in [0.15, 0.2) is 35.5 Å². The molecule has 2 N–H and O–H groups in total. The number of aromatic nitrogens is 6. The number of imidazole rings is 1. The van der Waals surface area contributed by atoms with Crippen molar-refractivity contribution in [1.82, 2.24) is 29.1 Å². The number of nitrogens with one attached hydrogen (secondary N) is 1. The molecule has 0 radical (unpaired) electrons. The van der Waals surface area contributed by atoms with Crippen molar-refractivity contribution in [2.75, 3.05) is 11.9 Å². The number of ether oxygens (including phenoxy) is 3. The number of carbonyl (C=O) groups is 3. The van der Waals surface area contributed by atoms with Crippen LogP contribution in [0.15, 0.2) is 47.5 Å². The maximum atomic E-state index is 16.1. The lowest BCUT2D eigenvalue weighted by Crippen LogP contribution is -2.46. The van der Waals surface area contributed by atoms with Crippen LogP contribution in [0, 0.1) is 0 Å². The fourth-order valence-corrected chi connectivity index (χ4v) is 8.42. The van der Waals surface area contributed by atoms with E-state index in [1.807, 2.05) is 30.3 Å². The number of benzene rings is 1. The van der Waals surface area contributed by atoms with Gasteiger partial charge in [-0.05, 0) is 36.2 Å². The summed E-state index contributed by atoms with van der Waals surface area (Å²) in [5.74, 6) is -2.48. The van der Waals surface area contributed by atoms with Gasteiger partial charge in [0, 0.05) is 30.4 Å². The van der Waals surface area contributed by atoms with Crippen LogP contribution in [0.5, 0.6) is 0 Å². The zero-order chi connectivity index (χ0) is 39.0. The molecule has 0 bridgehead atoms. The Morgan fingerprint density at radius 2 is 1.96 bits per heavy atom. The van der Waals surface area contributed by atoms with Gasteiger partial charge in [0.2, 0.25) is 16.8 Å². The monoisotopic (exact) mass is 797 g/mol. The van der Waals surface area contributed by atoms with E-state index in [4.69, 9.17) is 39.8 Å². The lowest BCUT2D eigenvalue weighted by atomic mass is 9.86. The number of anilines is 1. The van der Waals surface area contributed by atoms with Crippen molar-refractivity contribution in [2.45, 2.75) is 70.6 Å². The minimum Gasteiger partial charge on any atom is -0.458 e. The molecule has 6 atom stereocenters. The Balaban J connectivity index is 1.09. The molecule has 0 spiro atoms. The van der Waals surface area contributed by atoms with Crippen LogP contribution in [0.2, 0.25) is 5.28 Å². The van der Waals surface area contributed by atoms with E-state index in [0.717, 1.165) is 28.8 Å². The molecule has 4 aromatic heterocycles. The zero-order valence-electron chi connectivity index (χ0n) is 29.1. The standard InChI is InChI=1S/C34H30ClFN7O11P/c1-4-34(20-10-22-25-18(9-17-7-5-6-8-21(17)39-25)11-42(22)30(46)19(20)12-50-32(34)47)54-55(48,49)51-13-23-27(52-16(3)45)24(36)31(53-23)43-14-37-26-28(38-15(2)44)40-33(35)41-29(26)43/h5-10,14,23-24,27,31H,4,11-13H2,1-3H3,(H,48,49)(H,38,40,41,44). The van der Waals surface area contributed by atoms with E-state index in [0.29, 0.717) is 16.9 Å². The van der Waals surface area contributed by atoms with Crippen molar-refractivity contribution in [3.8, 4) is 11.4 Å². The van der Waals surface area contributed by atoms with Crippen LogP contribution in [-0.2, 0) is 61.0 Å². The first-order valence-corrected chi connectivity index (χ1v) is 18.7. The summed E-state index contributed by atoms with van der Waals surface area (Å²) in [5, 5.41) is 3.02. The third kappa shape index (κ3) is 6.26. The second-order valence-corrected chi connectivity index (χ2v) is 14.8. The SMILES string of the molecule is CCC1(OP(=O)(O)OCC2OC(n3cnc4c(NC(C)=O)nc(Cl)nc43)C(F)C2OC(C)=O)C(=O)OCc2c1cc1n(c2=O)Cc2cc3ccccc3nc2-1. The molecular weight excluding hydrogens is 768 g/mol. The predicted octanol–water partition coefficient (Wildman–Crippen LogP) is 3.84. The Labute approximate surface area is 314 Å². The van der Waals surface area contributed by atoms with E-state index in [-0.39, 0.29) is 46.4 Å². The lowest BCUT2D eigenvalue weighted by Gasteiger charge is -2.36. The van der Waals surface area contributed by atoms with Crippen LogP contribution in [-0.4, -0.2) is 76.8 Å². The summed E-state index contributed by atoms with van der Waals surface area (Å²) in [5.41, 5.74) is -0.433. The highest BCUT2D eigenvalue weighted by molar-refractivity contribution is 7.47. The summed E-state index contributed by atoms with van der Waals surface area (Å²) < 4.78 is 59.9. The molecule has 21 heteroatoms. The number of hydrogen-bond acceptors (Lipinski definition) is 14. The Morgan fingerprint density at radius 1 is 1.18 bits per heavy atom. The van der Waals surface area contributed by atoms with Gasteiger partial charge in [0.1, 0.15) is 12.7 Å². The minimum absolute atomic E-state index is 0.00763. The molecule has 1 amide bonds. The average molecular weight is 798 g/mol. The number of alkyl halides is 1. The third-order valence-corrected chi connectivity index (χ3v) is 10.8. The first kappa shape index (κ1) is 36.8. The van der Waals surface area contributed by atoms with Crippen LogP contribution in [0.3, 0.4) is 0 Å². The number of esters is 2. The third-order valence-electron chi connectivity index (χ3n) is 9.59. The fourth-order valence-electron chi connectivity index (χ4n) is 7.17. The van der Waals surface area contributed by atoms with Crippen molar-refractivity contribution in [2.24, 2.45) is 0 Å². The van der Waals surface area contributed by atoms with Crippen LogP contribution >= 0.6 is 19.4 Å². The number of phosphoric ester groups is 1. The van der Waals surface area contributed by atoms with Crippen LogP contribution in [0.4, 0.5) is 10.2 Å². The van der Waals surface area contributed by atoms with Gasteiger partial charge < -0.3 is 29.0 Å². The van der Waals surface area contributed by atoms with Gasteiger partial charge in [0.05, 0.1) is 41.9 Å². The van der Waals surface area contributed by atoms with Crippen molar-refractivity contribution >= 4 is 65.2 Å². The number of carbonyl (C=O) groups excluding carboxylic acids is 3. The quantitative estimate of drug-likeness (QED) is 0.120. The van der Waals surface area contributed by atoms with Crippen molar-refractivity contribution in [1.29, 1.82) is 0 Å². The predicted molar refractivity (Wildman–Crippen MR) is 188 cm³/mol. The lowest BCUT2D eigenvalue weighted by molar-refractivity contribution is -0.171. The first-order valence-electron chi connectivity index (χ1n) is 16.9. The fraction of sp³-hybridized carbons (Fsp3) is 0.353. The first-order chi connectivity index (χ1) is 26.2. The van der Waals surface area contributed by atoms with Gasteiger partial charge in [-0.3, -0.25) is 28.0 Å². The number of para-hydroxylation sites is 1. The van der Waals surface area contributed by atoms with Crippen LogP contribution in [0.25, 0.3) is 33.5 Å². The number of amides is 1. The smallest absolute Gasteiger partial charge is 0.458 e. The van der Waals surface area contributed by atoms with Crippen LogP contribution in [0.1, 0.15) is 50.1 Å². The highest BCUT2D eigenvalue weighted by Crippen LogP contribution is 2.54. The highest BCUT2D eigenvalue weighted by Gasteiger charge is 2.54. The highest BCUT2D eigenvalue weighted by atomic mass is 35.5. The van der Waals surface area contributed by atoms with Gasteiger partial charge in [-0.25, -0.2) is 23.7 Å². The molecule has 0 saturated carbocycles. The largest absolute Gasteiger partial charge is 0.473 e. The zero-order valence-corrected chi connectivity index (χ0v) is 30.7. The maximum absolute atomic E-state index is 16.1. The Hall–Kier alpha value is -5.17. The molecule has 0 aliphatic carbocycles. The molecule has 3 aliphatic heterocycles. The molecule has 55 heavy (non-hydrogen) atoms. The van der Waals surface area contributed by atoms with Crippen molar-refractivity contribution < 1.29 is 51.5 Å². The molecule has 7 heterocycles. The molecule has 286 valence electrons. The normalized spacial score (nSPS) is 23.9. The molecule has 18 nitrogen and oxygen atoms in total. The summed E-state index contributed by atoms with van der Waals surface area (Å²) in [7, 11) is -5.31. The Kier molecular flexibility index (Phi) is 9.06. The van der Waals surface area contributed by atoms with Crippen molar-refractivity contribution in [3.05, 3.63) is 75.1 Å². The van der Waals surface area contributed by atoms with E-state index in [2.05, 4.69) is 20.3 Å². The van der Waals surface area contributed by atoms with Gasteiger partial charge in [-0.15, -0.1) is 0 Å². The number of halogens is 2. The molecule has 6 unspecified atom stereocenters. The number of phosphoric acid groups is 1. The Bertz CT molecular complexity index is 2570. The van der Waals surface area contributed by atoms with E-state index < -0.39 is 74.7 Å². The molecule has 1 aromatic carbocycles. The molecule has 5 aromatic rings. The van der Waals surface area contributed by atoms with Crippen molar-refractivity contribution in [3.63, 3.8) is 0 Å².